The number of carbonyl (C=O) groups excluding carboxylic acids is 3. The third kappa shape index (κ3) is 10.4. The molecular weight excluding hydrogens is 767 g/mol. The molecule has 0 spiro atoms. The minimum Gasteiger partial charge on any atom is -0.374 e. The van der Waals surface area contributed by atoms with Crippen LogP contribution in [0.15, 0.2) is 85.2 Å². The molecule has 4 N–H and O–H groups in total. The van der Waals surface area contributed by atoms with Crippen LogP contribution in [0.25, 0.3) is 11.3 Å². The average Bonchev–Trinajstić information content (AvgIpc) is 3.78. The lowest BCUT2D eigenvalue weighted by atomic mass is 9.88. The molecule has 8 rings (SSSR count). The fourth-order valence-corrected chi connectivity index (χ4v) is 8.55. The number of piperidine rings is 3. The van der Waals surface area contributed by atoms with Crippen LogP contribution in [0, 0.1) is 12.8 Å². The van der Waals surface area contributed by atoms with Crippen molar-refractivity contribution in [1.29, 1.82) is 0 Å². The second-order valence-electron chi connectivity index (χ2n) is 17.8. The molecule has 1 unspecified atom stereocenters. The normalized spacial score (nSPS) is 18.2. The van der Waals surface area contributed by atoms with Gasteiger partial charge in [-0.3, -0.25) is 19.7 Å². The lowest BCUT2D eigenvalue weighted by Crippen LogP contribution is -2.47. The number of aromatic nitrogens is 5. The Morgan fingerprint density at radius 1 is 0.869 bits per heavy atom. The molecule has 0 bridgehead atoms. The van der Waals surface area contributed by atoms with E-state index in [4.69, 9.17) is 4.98 Å². The van der Waals surface area contributed by atoms with E-state index in [0.717, 1.165) is 72.8 Å². The van der Waals surface area contributed by atoms with E-state index in [0.29, 0.717) is 42.9 Å². The minimum absolute atomic E-state index is 0.194. The predicted molar refractivity (Wildman–Crippen MR) is 238 cm³/mol. The van der Waals surface area contributed by atoms with E-state index >= 15 is 0 Å². The highest BCUT2D eigenvalue weighted by molar-refractivity contribution is 6.01. The molecule has 0 saturated carbocycles. The smallest absolute Gasteiger partial charge is 0.273 e. The Balaban J connectivity index is 0.764. The molecule has 61 heavy (non-hydrogen) atoms. The number of imide groups is 1. The number of aryl methyl sites for hydroxylation is 1. The SMILES string of the molecule is Cc1cc(-c2ccnc(Nc3ccc(N4CCC(CN5CCC(c6ccc(NC7CCC(=O)NC7=O)cc6)CC5)CC4)cc3)n2)ccc1CNC(=O)c1cn(C(C)(C)C)nn1. The molecule has 0 aliphatic carbocycles. The number of nitrogens with zero attached hydrogens (tertiary/aromatic N) is 7. The number of hydrogen-bond donors (Lipinski definition) is 4. The number of nitrogens with one attached hydrogen (secondary N) is 4. The molecule has 14 heteroatoms. The maximum Gasteiger partial charge on any atom is 0.273 e. The van der Waals surface area contributed by atoms with Crippen molar-refractivity contribution in [3.05, 3.63) is 108 Å². The van der Waals surface area contributed by atoms with Gasteiger partial charge in [-0.25, -0.2) is 14.6 Å². The number of anilines is 4. The molecular formula is C47H57N11O3. The van der Waals surface area contributed by atoms with Crippen LogP contribution in [0.1, 0.15) is 92.4 Å². The molecule has 3 saturated heterocycles. The van der Waals surface area contributed by atoms with Gasteiger partial charge in [0.15, 0.2) is 5.69 Å². The van der Waals surface area contributed by atoms with Crippen molar-refractivity contribution in [2.75, 3.05) is 48.3 Å². The Hall–Kier alpha value is -6.15. The number of likely N-dealkylation sites (tertiary alicyclic amines) is 1. The first-order valence-electron chi connectivity index (χ1n) is 21.6. The molecule has 1 atom stereocenters. The molecule has 3 aromatic carbocycles. The van der Waals surface area contributed by atoms with Crippen LogP contribution < -0.4 is 26.2 Å². The Bertz CT molecular complexity index is 2320. The molecule has 5 heterocycles. The average molecular weight is 824 g/mol. The number of hydrogen-bond acceptors (Lipinski definition) is 11. The quantitative estimate of drug-likeness (QED) is 0.0982. The van der Waals surface area contributed by atoms with Crippen LogP contribution in [0.2, 0.25) is 0 Å². The van der Waals surface area contributed by atoms with Gasteiger partial charge in [-0.05, 0) is 150 Å². The molecule has 0 radical (unpaired) electrons. The van der Waals surface area contributed by atoms with Crippen molar-refractivity contribution in [3.63, 3.8) is 0 Å². The molecule has 3 amide bonds. The summed E-state index contributed by atoms with van der Waals surface area (Å²) in [6, 6.07) is 24.7. The van der Waals surface area contributed by atoms with Crippen molar-refractivity contribution >= 4 is 40.7 Å². The van der Waals surface area contributed by atoms with Gasteiger partial charge < -0.3 is 25.8 Å². The van der Waals surface area contributed by atoms with Crippen LogP contribution in [-0.4, -0.2) is 86.3 Å². The summed E-state index contributed by atoms with van der Waals surface area (Å²) in [7, 11) is 0. The van der Waals surface area contributed by atoms with Crippen molar-refractivity contribution in [1.82, 2.24) is 40.5 Å². The summed E-state index contributed by atoms with van der Waals surface area (Å²) in [5.74, 6) is 1.11. The summed E-state index contributed by atoms with van der Waals surface area (Å²) < 4.78 is 1.69. The highest BCUT2D eigenvalue weighted by Gasteiger charge is 2.28. The highest BCUT2D eigenvalue weighted by atomic mass is 16.2. The predicted octanol–water partition coefficient (Wildman–Crippen LogP) is 6.79. The third-order valence-electron chi connectivity index (χ3n) is 12.3. The van der Waals surface area contributed by atoms with E-state index < -0.39 is 0 Å². The summed E-state index contributed by atoms with van der Waals surface area (Å²) >= 11 is 0. The maximum atomic E-state index is 12.7. The summed E-state index contributed by atoms with van der Waals surface area (Å²) in [5, 5.41) is 20.2. The number of rotatable bonds is 12. The minimum atomic E-state index is -0.360. The van der Waals surface area contributed by atoms with Crippen molar-refractivity contribution in [3.8, 4) is 11.3 Å². The van der Waals surface area contributed by atoms with Crippen LogP contribution >= 0.6 is 0 Å². The number of carbonyl (C=O) groups is 3. The van der Waals surface area contributed by atoms with E-state index in [1.54, 1.807) is 17.1 Å². The van der Waals surface area contributed by atoms with Gasteiger partial charge in [-0.2, -0.15) is 0 Å². The van der Waals surface area contributed by atoms with Gasteiger partial charge in [0, 0.05) is 61.4 Å². The first-order valence-corrected chi connectivity index (χ1v) is 21.6. The van der Waals surface area contributed by atoms with Gasteiger partial charge in [-0.1, -0.05) is 29.5 Å². The first kappa shape index (κ1) is 41.6. The van der Waals surface area contributed by atoms with E-state index in [1.165, 1.54) is 30.6 Å². The van der Waals surface area contributed by atoms with Gasteiger partial charge in [0.2, 0.25) is 17.8 Å². The lowest BCUT2D eigenvalue weighted by molar-refractivity contribution is -0.133. The second kappa shape index (κ2) is 18.2. The van der Waals surface area contributed by atoms with Gasteiger partial charge in [0.05, 0.1) is 17.4 Å². The fourth-order valence-electron chi connectivity index (χ4n) is 8.55. The van der Waals surface area contributed by atoms with Crippen molar-refractivity contribution < 1.29 is 14.4 Å². The Morgan fingerprint density at radius 2 is 1.61 bits per heavy atom. The van der Waals surface area contributed by atoms with Gasteiger partial charge in [0.1, 0.15) is 6.04 Å². The van der Waals surface area contributed by atoms with Gasteiger partial charge in [-0.15, -0.1) is 5.10 Å². The topological polar surface area (TPSA) is 162 Å². The molecule has 3 aliphatic rings. The zero-order valence-electron chi connectivity index (χ0n) is 35.7. The highest BCUT2D eigenvalue weighted by Crippen LogP contribution is 2.32. The van der Waals surface area contributed by atoms with Gasteiger partial charge in [0.25, 0.3) is 5.91 Å². The van der Waals surface area contributed by atoms with Crippen LogP contribution in [0.4, 0.5) is 23.0 Å². The Morgan fingerprint density at radius 3 is 2.30 bits per heavy atom. The monoisotopic (exact) mass is 823 g/mol. The summed E-state index contributed by atoms with van der Waals surface area (Å²) in [5.41, 5.74) is 8.34. The van der Waals surface area contributed by atoms with Crippen LogP contribution in [-0.2, 0) is 21.7 Å². The van der Waals surface area contributed by atoms with Crippen molar-refractivity contribution in [2.24, 2.45) is 5.92 Å². The van der Waals surface area contributed by atoms with E-state index in [9.17, 15) is 14.4 Å². The molecule has 3 fully saturated rings. The summed E-state index contributed by atoms with van der Waals surface area (Å²) in [6.45, 7) is 14.0. The molecule has 318 valence electrons. The fraction of sp³-hybridized carbons (Fsp3) is 0.426. The second-order valence-corrected chi connectivity index (χ2v) is 17.8. The van der Waals surface area contributed by atoms with E-state index in [2.05, 4.69) is 101 Å². The molecule has 5 aromatic rings. The number of amides is 3. The maximum absolute atomic E-state index is 12.7. The zero-order chi connectivity index (χ0) is 42.5. The summed E-state index contributed by atoms with van der Waals surface area (Å²) in [6.07, 6.45) is 9.05. The Kier molecular flexibility index (Phi) is 12.4. The van der Waals surface area contributed by atoms with Crippen LogP contribution in [0.3, 0.4) is 0 Å². The molecule has 2 aromatic heterocycles. The molecule has 14 nitrogen and oxygen atoms in total. The van der Waals surface area contributed by atoms with E-state index in [-0.39, 0.29) is 29.3 Å². The zero-order valence-corrected chi connectivity index (χ0v) is 35.7. The van der Waals surface area contributed by atoms with Crippen molar-refractivity contribution in [2.45, 2.75) is 90.3 Å². The standard InChI is InChI=1S/C47H57N11O3/c1-31-27-35(5-6-36(31)28-49-44(60)42-30-58(55-54-42)47(2,3)4)40-17-22-48-46(52-40)51-38-11-13-39(14-12-38)57-25-18-32(19-26-57)29-56-23-20-34(21-24-56)33-7-9-37(10-8-33)50-41-15-16-43(59)53-45(41)61/h5-14,17,22,27,30,32,34,41,50H,15-16,18-21,23-26,28-29H2,1-4H3,(H,49,60)(H,48,51,52)(H,53,59,61). The first-order chi connectivity index (χ1) is 29.4. The largest absolute Gasteiger partial charge is 0.374 e. The molecule has 3 aliphatic heterocycles. The summed E-state index contributed by atoms with van der Waals surface area (Å²) in [4.78, 5) is 50.8. The number of benzene rings is 3. The van der Waals surface area contributed by atoms with Crippen LogP contribution in [0.5, 0.6) is 0 Å². The van der Waals surface area contributed by atoms with Gasteiger partial charge >= 0.3 is 0 Å². The third-order valence-corrected chi connectivity index (χ3v) is 12.3. The Labute approximate surface area is 357 Å². The lowest BCUT2D eigenvalue weighted by Gasteiger charge is -2.38. The van der Waals surface area contributed by atoms with E-state index in [1.807, 2.05) is 45.9 Å².